The summed E-state index contributed by atoms with van der Waals surface area (Å²) >= 11 is 0. The first kappa shape index (κ1) is 21.3. The van der Waals surface area contributed by atoms with Gasteiger partial charge in [0.25, 0.3) is 0 Å². The van der Waals surface area contributed by atoms with Crippen molar-refractivity contribution in [2.45, 2.75) is 57.6 Å². The molecule has 1 amide bonds. The van der Waals surface area contributed by atoms with Gasteiger partial charge in [-0.1, -0.05) is 6.07 Å². The van der Waals surface area contributed by atoms with Crippen LogP contribution >= 0.6 is 0 Å². The normalized spacial score (nSPS) is 20.6. The first-order valence-corrected chi connectivity index (χ1v) is 10.7. The highest BCUT2D eigenvalue weighted by atomic mass is 16.5. The number of nitrogens with two attached hydrogens (primary N) is 1. The molecule has 0 bridgehead atoms. The number of nitrogens with one attached hydrogen (secondary N) is 1. The van der Waals surface area contributed by atoms with Gasteiger partial charge in [-0.05, 0) is 62.1 Å². The van der Waals surface area contributed by atoms with Crippen molar-refractivity contribution in [1.29, 1.82) is 0 Å². The van der Waals surface area contributed by atoms with E-state index in [9.17, 15) is 4.79 Å². The van der Waals surface area contributed by atoms with Gasteiger partial charge in [-0.15, -0.1) is 0 Å². The van der Waals surface area contributed by atoms with Gasteiger partial charge in [-0.25, -0.2) is 0 Å². The van der Waals surface area contributed by atoms with E-state index >= 15 is 0 Å². The third-order valence-electron chi connectivity index (χ3n) is 5.79. The van der Waals surface area contributed by atoms with E-state index in [1.54, 1.807) is 14.2 Å². The van der Waals surface area contributed by atoms with Crippen molar-refractivity contribution in [2.24, 2.45) is 16.6 Å². The van der Waals surface area contributed by atoms with Crippen LogP contribution in [0, 0.1) is 5.92 Å². The summed E-state index contributed by atoms with van der Waals surface area (Å²) in [6, 6.07) is 6.07. The zero-order valence-electron chi connectivity index (χ0n) is 17.7. The van der Waals surface area contributed by atoms with Crippen LogP contribution in [0.4, 0.5) is 0 Å². The third-order valence-corrected chi connectivity index (χ3v) is 5.79. The molecular weight excluding hydrogens is 368 g/mol. The van der Waals surface area contributed by atoms with E-state index < -0.39 is 0 Å². The predicted molar refractivity (Wildman–Crippen MR) is 114 cm³/mol. The van der Waals surface area contributed by atoms with Crippen molar-refractivity contribution in [2.75, 3.05) is 27.2 Å². The fourth-order valence-corrected chi connectivity index (χ4v) is 4.33. The van der Waals surface area contributed by atoms with Crippen molar-refractivity contribution < 1.29 is 14.3 Å². The number of hydrogen-bond donors (Lipinski definition) is 2. The number of ether oxygens (including phenoxy) is 2. The molecule has 7 heteroatoms. The molecule has 1 aliphatic carbocycles. The number of nitrogens with zero attached hydrogens (tertiary/aromatic N) is 2. The number of benzene rings is 1. The zero-order valence-corrected chi connectivity index (χ0v) is 17.7. The minimum atomic E-state index is -0.229. The molecular formula is C22H34N4O3. The molecule has 1 atom stereocenters. The molecule has 0 radical (unpaired) electrons. The van der Waals surface area contributed by atoms with Gasteiger partial charge in [0.2, 0.25) is 5.91 Å². The Hall–Kier alpha value is -2.44. The van der Waals surface area contributed by atoms with Crippen LogP contribution in [-0.2, 0) is 11.3 Å². The lowest BCUT2D eigenvalue weighted by atomic mass is 9.95. The second-order valence-electron chi connectivity index (χ2n) is 8.04. The molecule has 3 rings (SSSR count). The summed E-state index contributed by atoms with van der Waals surface area (Å²) in [7, 11) is 3.47. The molecule has 0 aromatic heterocycles. The molecule has 1 aromatic carbocycles. The molecule has 2 aliphatic rings. The number of guanidine groups is 1. The fourth-order valence-electron chi connectivity index (χ4n) is 4.33. The Morgan fingerprint density at radius 1 is 1.24 bits per heavy atom. The summed E-state index contributed by atoms with van der Waals surface area (Å²) in [6.45, 7) is 2.39. The molecule has 0 spiro atoms. The van der Waals surface area contributed by atoms with E-state index in [4.69, 9.17) is 15.2 Å². The number of carbonyl (C=O) groups is 1. The molecule has 1 aromatic rings. The van der Waals surface area contributed by atoms with Crippen LogP contribution in [0.25, 0.3) is 0 Å². The number of piperidine rings is 1. The van der Waals surface area contributed by atoms with Gasteiger partial charge < -0.3 is 25.4 Å². The Balaban J connectivity index is 1.60. The van der Waals surface area contributed by atoms with Gasteiger partial charge in [-0.3, -0.25) is 9.79 Å². The highest BCUT2D eigenvalue weighted by molar-refractivity contribution is 5.80. The first-order valence-electron chi connectivity index (χ1n) is 10.7. The minimum Gasteiger partial charge on any atom is -0.493 e. The van der Waals surface area contributed by atoms with Gasteiger partial charge in [0, 0.05) is 33.1 Å². The molecule has 3 N–H and O–H groups in total. The average molecular weight is 403 g/mol. The molecule has 1 saturated heterocycles. The summed E-state index contributed by atoms with van der Waals surface area (Å²) < 4.78 is 11.7. The van der Waals surface area contributed by atoms with E-state index in [1.807, 2.05) is 12.1 Å². The van der Waals surface area contributed by atoms with Crippen LogP contribution < -0.4 is 20.5 Å². The lowest BCUT2D eigenvalue weighted by Crippen LogP contribution is -2.46. The van der Waals surface area contributed by atoms with Crippen LogP contribution in [-0.4, -0.2) is 50.1 Å². The second kappa shape index (κ2) is 10.4. The maximum absolute atomic E-state index is 11.3. The molecule has 2 fully saturated rings. The lowest BCUT2D eigenvalue weighted by molar-refractivity contribution is -0.119. The maximum atomic E-state index is 11.3. The Labute approximate surface area is 173 Å². The maximum Gasteiger partial charge on any atom is 0.217 e. The summed E-state index contributed by atoms with van der Waals surface area (Å²) in [5.41, 5.74) is 6.50. The Morgan fingerprint density at radius 3 is 2.72 bits per heavy atom. The van der Waals surface area contributed by atoms with Crippen molar-refractivity contribution in [3.05, 3.63) is 23.8 Å². The Bertz CT molecular complexity index is 716. The number of rotatable bonds is 7. The highest BCUT2D eigenvalue weighted by Crippen LogP contribution is 2.32. The number of primary amides is 1. The molecule has 7 nitrogen and oxygen atoms in total. The number of likely N-dealkylation sites (tertiary alicyclic amines) is 1. The monoisotopic (exact) mass is 402 g/mol. The Morgan fingerprint density at radius 2 is 2.03 bits per heavy atom. The van der Waals surface area contributed by atoms with E-state index in [2.05, 4.69) is 21.3 Å². The number of aliphatic imine (C=N–C) groups is 1. The van der Waals surface area contributed by atoms with Crippen LogP contribution in [0.5, 0.6) is 11.5 Å². The standard InChI is InChI=1S/C22H34N4O3/c1-24-22(26-11-5-6-17(15-26)13-21(23)27)25-14-16-9-10-19(28-2)20(12-16)29-18-7-3-4-8-18/h9-10,12,17-18H,3-8,11,13-15H2,1-2H3,(H2,23,27)(H,24,25). The van der Waals surface area contributed by atoms with Crippen LogP contribution in [0.15, 0.2) is 23.2 Å². The summed E-state index contributed by atoms with van der Waals surface area (Å²) in [6.07, 6.45) is 7.49. The van der Waals surface area contributed by atoms with E-state index in [0.29, 0.717) is 18.9 Å². The smallest absolute Gasteiger partial charge is 0.217 e. The molecule has 160 valence electrons. The molecule has 1 unspecified atom stereocenters. The molecule has 1 saturated carbocycles. The highest BCUT2D eigenvalue weighted by Gasteiger charge is 2.24. The van der Waals surface area contributed by atoms with Crippen molar-refractivity contribution in [3.63, 3.8) is 0 Å². The zero-order chi connectivity index (χ0) is 20.6. The minimum absolute atomic E-state index is 0.229. The van der Waals surface area contributed by atoms with Crippen LogP contribution in [0.3, 0.4) is 0 Å². The van der Waals surface area contributed by atoms with Gasteiger partial charge in [0.1, 0.15) is 0 Å². The topological polar surface area (TPSA) is 89.2 Å². The van der Waals surface area contributed by atoms with Gasteiger partial charge >= 0.3 is 0 Å². The Kier molecular flexibility index (Phi) is 7.61. The quantitative estimate of drug-likeness (QED) is 0.541. The van der Waals surface area contributed by atoms with Gasteiger partial charge in [0.15, 0.2) is 17.5 Å². The number of amides is 1. The fraction of sp³-hybridized carbons (Fsp3) is 0.636. The predicted octanol–water partition coefficient (Wildman–Crippen LogP) is 2.68. The largest absolute Gasteiger partial charge is 0.493 e. The van der Waals surface area contributed by atoms with Crippen molar-refractivity contribution in [3.8, 4) is 11.5 Å². The van der Waals surface area contributed by atoms with Crippen LogP contribution in [0.2, 0.25) is 0 Å². The van der Waals surface area contributed by atoms with Crippen molar-refractivity contribution >= 4 is 11.9 Å². The van der Waals surface area contributed by atoms with Crippen molar-refractivity contribution in [1.82, 2.24) is 10.2 Å². The molecule has 29 heavy (non-hydrogen) atoms. The van der Waals surface area contributed by atoms with E-state index in [1.165, 1.54) is 12.8 Å². The molecule has 1 aliphatic heterocycles. The lowest BCUT2D eigenvalue weighted by Gasteiger charge is -2.34. The third kappa shape index (κ3) is 6.02. The summed E-state index contributed by atoms with van der Waals surface area (Å²) in [5, 5.41) is 3.45. The molecule has 1 heterocycles. The van der Waals surface area contributed by atoms with Gasteiger partial charge in [0.05, 0.1) is 13.2 Å². The number of methoxy groups -OCH3 is 1. The average Bonchev–Trinajstić information content (AvgIpc) is 3.21. The van der Waals surface area contributed by atoms with E-state index in [0.717, 1.165) is 61.8 Å². The van der Waals surface area contributed by atoms with Gasteiger partial charge in [-0.2, -0.15) is 0 Å². The number of carbonyl (C=O) groups excluding carboxylic acids is 1. The summed E-state index contributed by atoms with van der Waals surface area (Å²) in [5.74, 6) is 2.51. The second-order valence-corrected chi connectivity index (χ2v) is 8.04. The SMILES string of the molecule is CN=C(NCc1ccc(OC)c(OC2CCCC2)c1)N1CCCC(CC(N)=O)C1. The van der Waals surface area contributed by atoms with E-state index in [-0.39, 0.29) is 12.0 Å². The first-order chi connectivity index (χ1) is 14.1. The van der Waals surface area contributed by atoms with Crippen LogP contribution in [0.1, 0.15) is 50.5 Å². The summed E-state index contributed by atoms with van der Waals surface area (Å²) in [4.78, 5) is 17.9. The number of hydrogen-bond acceptors (Lipinski definition) is 4.